The molecule has 1 aliphatic rings. The third kappa shape index (κ3) is 2.48. The van der Waals surface area contributed by atoms with Gasteiger partial charge in [-0.3, -0.25) is 4.79 Å². The quantitative estimate of drug-likeness (QED) is 0.907. The molecular weight excluding hydrogens is 273 g/mol. The van der Waals surface area contributed by atoms with Crippen molar-refractivity contribution in [2.75, 3.05) is 13.1 Å². The van der Waals surface area contributed by atoms with Gasteiger partial charge in [0, 0.05) is 23.7 Å². The number of hydrogen-bond donors (Lipinski definition) is 1. The highest BCUT2D eigenvalue weighted by molar-refractivity contribution is 6.38. The predicted octanol–water partition coefficient (Wildman–Crippen LogP) is 3.28. The highest BCUT2D eigenvalue weighted by atomic mass is 35.5. The minimum absolute atomic E-state index is 0.0870. The van der Waals surface area contributed by atoms with Crippen molar-refractivity contribution in [3.63, 3.8) is 0 Å². The molecule has 1 N–H and O–H groups in total. The lowest BCUT2D eigenvalue weighted by Crippen LogP contribution is -2.28. The minimum Gasteiger partial charge on any atom is -0.389 e. The Labute approximate surface area is 116 Å². The normalized spacial score (nSPS) is 17.0. The number of hydrogen-bond acceptors (Lipinski definition) is 2. The van der Waals surface area contributed by atoms with Crippen LogP contribution in [0, 0.1) is 0 Å². The summed E-state index contributed by atoms with van der Waals surface area (Å²) in [6.45, 7) is 3.11. The lowest BCUT2D eigenvalue weighted by atomic mass is 10.1. The number of rotatable bonds is 2. The van der Waals surface area contributed by atoms with Gasteiger partial charge in [-0.15, -0.1) is 0 Å². The fourth-order valence-corrected chi connectivity index (χ4v) is 2.98. The van der Waals surface area contributed by atoms with Gasteiger partial charge in [0.15, 0.2) is 0 Å². The topological polar surface area (TPSA) is 40.5 Å². The molecule has 0 bridgehead atoms. The van der Waals surface area contributed by atoms with Gasteiger partial charge in [0.2, 0.25) is 0 Å². The van der Waals surface area contributed by atoms with E-state index in [-0.39, 0.29) is 10.9 Å². The molecule has 1 aromatic carbocycles. The Morgan fingerprint density at radius 1 is 1.33 bits per heavy atom. The summed E-state index contributed by atoms with van der Waals surface area (Å²) in [4.78, 5) is 14.0. The second-order valence-electron chi connectivity index (χ2n) is 4.50. The number of aliphatic hydroxyl groups excluding tert-OH is 1. The highest BCUT2D eigenvalue weighted by Crippen LogP contribution is 2.33. The number of likely N-dealkylation sites (tertiary alicyclic amines) is 1. The molecular formula is C13H15Cl2NO2. The number of nitrogens with zero attached hydrogens (tertiary/aromatic N) is 1. The summed E-state index contributed by atoms with van der Waals surface area (Å²) in [7, 11) is 0. The van der Waals surface area contributed by atoms with Crippen molar-refractivity contribution in [1.82, 2.24) is 4.90 Å². The molecule has 0 aliphatic carbocycles. The molecule has 0 saturated carbocycles. The first-order valence-corrected chi connectivity index (χ1v) is 6.73. The van der Waals surface area contributed by atoms with Crippen molar-refractivity contribution in [2.24, 2.45) is 0 Å². The third-order valence-electron chi connectivity index (χ3n) is 3.17. The Morgan fingerprint density at radius 3 is 2.50 bits per heavy atom. The number of amides is 1. The maximum absolute atomic E-state index is 12.3. The van der Waals surface area contributed by atoms with Gasteiger partial charge >= 0.3 is 0 Å². The lowest BCUT2D eigenvalue weighted by molar-refractivity contribution is 0.0792. The Balaban J connectivity index is 2.39. The van der Waals surface area contributed by atoms with E-state index < -0.39 is 6.10 Å². The van der Waals surface area contributed by atoms with Gasteiger partial charge in [0.25, 0.3) is 5.91 Å². The molecule has 0 aromatic heterocycles. The third-order valence-corrected chi connectivity index (χ3v) is 3.90. The van der Waals surface area contributed by atoms with Crippen molar-refractivity contribution in [3.8, 4) is 0 Å². The second-order valence-corrected chi connectivity index (χ2v) is 5.28. The minimum atomic E-state index is -0.795. The molecule has 18 heavy (non-hydrogen) atoms. The van der Waals surface area contributed by atoms with Crippen LogP contribution in [0.5, 0.6) is 0 Å². The number of carbonyl (C=O) groups is 1. The van der Waals surface area contributed by atoms with Gasteiger partial charge in [0.1, 0.15) is 0 Å². The van der Waals surface area contributed by atoms with Gasteiger partial charge in [0.05, 0.1) is 16.7 Å². The predicted molar refractivity (Wildman–Crippen MR) is 72.2 cm³/mol. The summed E-state index contributed by atoms with van der Waals surface area (Å²) in [5, 5.41) is 10.3. The van der Waals surface area contributed by atoms with Crippen LogP contribution in [0.4, 0.5) is 0 Å². The van der Waals surface area contributed by atoms with E-state index in [0.717, 1.165) is 25.9 Å². The van der Waals surface area contributed by atoms with Crippen molar-refractivity contribution in [1.29, 1.82) is 0 Å². The average Bonchev–Trinajstić information content (AvgIpc) is 2.81. The smallest absolute Gasteiger partial charge is 0.255 e. The number of benzene rings is 1. The summed E-state index contributed by atoms with van der Waals surface area (Å²) in [6, 6.07) is 3.23. The largest absolute Gasteiger partial charge is 0.389 e. The first-order valence-electron chi connectivity index (χ1n) is 5.97. The zero-order valence-electron chi connectivity index (χ0n) is 10.1. The zero-order valence-corrected chi connectivity index (χ0v) is 11.6. The molecule has 1 fully saturated rings. The first kappa shape index (κ1) is 13.7. The van der Waals surface area contributed by atoms with E-state index >= 15 is 0 Å². The van der Waals surface area contributed by atoms with Crippen LogP contribution in [-0.2, 0) is 0 Å². The van der Waals surface area contributed by atoms with Crippen LogP contribution < -0.4 is 0 Å². The molecule has 98 valence electrons. The molecule has 1 amide bonds. The van der Waals surface area contributed by atoms with Gasteiger partial charge in [-0.2, -0.15) is 0 Å². The van der Waals surface area contributed by atoms with Crippen molar-refractivity contribution in [2.45, 2.75) is 25.9 Å². The second kappa shape index (κ2) is 5.47. The number of carbonyl (C=O) groups excluding carboxylic acids is 1. The van der Waals surface area contributed by atoms with Crippen molar-refractivity contribution in [3.05, 3.63) is 33.3 Å². The standard InChI is InChI=1S/C13H15Cl2NO2/c1-8(17)11-10(14)5-4-9(12(11)15)13(18)16-6-2-3-7-16/h4-5,8,17H,2-3,6-7H2,1H3. The fourth-order valence-electron chi connectivity index (χ4n) is 2.21. The Kier molecular flexibility index (Phi) is 4.15. The van der Waals surface area contributed by atoms with E-state index in [2.05, 4.69) is 0 Å². The maximum Gasteiger partial charge on any atom is 0.255 e. The molecule has 3 nitrogen and oxygen atoms in total. The van der Waals surface area contributed by atoms with Crippen molar-refractivity contribution < 1.29 is 9.90 Å². The summed E-state index contributed by atoms with van der Waals surface area (Å²) in [5.41, 5.74) is 0.835. The van der Waals surface area contributed by atoms with Crippen LogP contribution in [0.1, 0.15) is 41.8 Å². The summed E-state index contributed by atoms with van der Waals surface area (Å²) >= 11 is 12.2. The Morgan fingerprint density at radius 2 is 1.94 bits per heavy atom. The highest BCUT2D eigenvalue weighted by Gasteiger charge is 2.24. The molecule has 1 heterocycles. The summed E-state index contributed by atoms with van der Waals surface area (Å²) < 4.78 is 0. The molecule has 2 rings (SSSR count). The maximum atomic E-state index is 12.3. The van der Waals surface area contributed by atoms with Gasteiger partial charge in [-0.05, 0) is 31.9 Å². The van der Waals surface area contributed by atoms with Gasteiger partial charge in [-0.1, -0.05) is 23.2 Å². The van der Waals surface area contributed by atoms with E-state index in [1.54, 1.807) is 24.0 Å². The van der Waals surface area contributed by atoms with Crippen LogP contribution in [-0.4, -0.2) is 29.0 Å². The molecule has 1 atom stereocenters. The number of halogens is 2. The fraction of sp³-hybridized carbons (Fsp3) is 0.462. The number of aliphatic hydroxyl groups is 1. The van der Waals surface area contributed by atoms with Crippen molar-refractivity contribution >= 4 is 29.1 Å². The van der Waals surface area contributed by atoms with E-state index in [1.165, 1.54) is 0 Å². The summed E-state index contributed by atoms with van der Waals surface area (Å²) in [5.74, 6) is -0.0870. The average molecular weight is 288 g/mol. The molecule has 0 spiro atoms. The molecule has 0 radical (unpaired) electrons. The van der Waals surface area contributed by atoms with Crippen LogP contribution in [0.3, 0.4) is 0 Å². The van der Waals surface area contributed by atoms with Crippen LogP contribution in [0.15, 0.2) is 12.1 Å². The summed E-state index contributed by atoms with van der Waals surface area (Å²) in [6.07, 6.45) is 1.26. The SMILES string of the molecule is CC(O)c1c(Cl)ccc(C(=O)N2CCCC2)c1Cl. The van der Waals surface area contributed by atoms with Crippen LogP contribution in [0.2, 0.25) is 10.0 Å². The lowest BCUT2D eigenvalue weighted by Gasteiger charge is -2.18. The van der Waals surface area contributed by atoms with E-state index in [0.29, 0.717) is 16.1 Å². The Bertz CT molecular complexity index is 468. The van der Waals surface area contributed by atoms with E-state index in [9.17, 15) is 9.90 Å². The van der Waals surface area contributed by atoms with Gasteiger partial charge < -0.3 is 10.0 Å². The molecule has 1 saturated heterocycles. The molecule has 1 aliphatic heterocycles. The van der Waals surface area contributed by atoms with Crippen LogP contribution in [0.25, 0.3) is 0 Å². The van der Waals surface area contributed by atoms with E-state index in [1.807, 2.05) is 0 Å². The first-order chi connectivity index (χ1) is 8.52. The van der Waals surface area contributed by atoms with E-state index in [4.69, 9.17) is 23.2 Å². The zero-order chi connectivity index (χ0) is 13.3. The Hall–Kier alpha value is -0.770. The van der Waals surface area contributed by atoms with Crippen LogP contribution >= 0.6 is 23.2 Å². The molecule has 1 aromatic rings. The van der Waals surface area contributed by atoms with Gasteiger partial charge in [-0.25, -0.2) is 0 Å². The molecule has 5 heteroatoms. The molecule has 1 unspecified atom stereocenters. The monoisotopic (exact) mass is 287 g/mol.